The van der Waals surface area contributed by atoms with E-state index in [0.717, 1.165) is 9.83 Å². The van der Waals surface area contributed by atoms with Crippen molar-refractivity contribution < 1.29 is 17.9 Å². The zero-order chi connectivity index (χ0) is 17.7. The van der Waals surface area contributed by atoms with Crippen LogP contribution in [-0.4, -0.2) is 32.9 Å². The second-order valence-electron chi connectivity index (χ2n) is 5.08. The molecule has 0 radical (unpaired) electrons. The Kier molecular flexibility index (Phi) is 6.47. The van der Waals surface area contributed by atoms with Crippen molar-refractivity contribution in [2.45, 2.75) is 0 Å². The predicted octanol–water partition coefficient (Wildman–Crippen LogP) is 3.62. The van der Waals surface area contributed by atoms with Crippen LogP contribution in [-0.2, 0) is 9.84 Å². The van der Waals surface area contributed by atoms with Crippen LogP contribution in [0.5, 0.6) is 5.75 Å². The van der Waals surface area contributed by atoms with E-state index in [1.165, 1.54) is 0 Å². The van der Waals surface area contributed by atoms with Crippen LogP contribution in [0, 0.1) is 3.57 Å². The fraction of sp³-hybridized carbons (Fsp3) is 0.188. The van der Waals surface area contributed by atoms with E-state index in [1.54, 1.807) is 42.5 Å². The largest absolute Gasteiger partial charge is 0.492 e. The molecule has 24 heavy (non-hydrogen) atoms. The molecule has 0 fully saturated rings. The van der Waals surface area contributed by atoms with E-state index in [2.05, 4.69) is 5.32 Å². The molecule has 2 rings (SSSR count). The van der Waals surface area contributed by atoms with Crippen molar-refractivity contribution in [3.05, 3.63) is 56.6 Å². The molecule has 0 aromatic heterocycles. The smallest absolute Gasteiger partial charge is 0.256 e. The van der Waals surface area contributed by atoms with Gasteiger partial charge in [-0.25, -0.2) is 8.42 Å². The predicted molar refractivity (Wildman–Crippen MR) is 104 cm³/mol. The molecule has 0 spiro atoms. The minimum Gasteiger partial charge on any atom is -0.492 e. The average Bonchev–Trinajstić information content (AvgIpc) is 2.46. The van der Waals surface area contributed by atoms with E-state index >= 15 is 0 Å². The van der Waals surface area contributed by atoms with Gasteiger partial charge in [0.15, 0.2) is 9.84 Å². The lowest BCUT2D eigenvalue weighted by molar-refractivity contribution is 0.102. The van der Waals surface area contributed by atoms with Crippen LogP contribution in [0.3, 0.4) is 0 Å². The number of halogens is 2. The molecule has 2 aromatic carbocycles. The summed E-state index contributed by atoms with van der Waals surface area (Å²) in [5.41, 5.74) is 1.08. The molecule has 2 aromatic rings. The molecular formula is C16H15ClINO4S. The summed E-state index contributed by atoms with van der Waals surface area (Å²) < 4.78 is 28.3. The van der Waals surface area contributed by atoms with Crippen LogP contribution >= 0.6 is 34.2 Å². The van der Waals surface area contributed by atoms with Crippen molar-refractivity contribution in [2.75, 3.05) is 23.9 Å². The molecule has 1 N–H and O–H groups in total. The van der Waals surface area contributed by atoms with Gasteiger partial charge < -0.3 is 10.1 Å². The summed E-state index contributed by atoms with van der Waals surface area (Å²) in [4.78, 5) is 12.3. The third-order valence-corrected chi connectivity index (χ3v) is 5.03. The summed E-state index contributed by atoms with van der Waals surface area (Å²) >= 11 is 7.94. The monoisotopic (exact) mass is 479 g/mol. The number of hydrogen-bond donors (Lipinski definition) is 1. The van der Waals surface area contributed by atoms with Crippen LogP contribution < -0.4 is 10.1 Å². The van der Waals surface area contributed by atoms with Crippen molar-refractivity contribution in [1.29, 1.82) is 0 Å². The highest BCUT2D eigenvalue weighted by Gasteiger charge is 2.11. The summed E-state index contributed by atoms with van der Waals surface area (Å²) in [5, 5.41) is 3.35. The van der Waals surface area contributed by atoms with Gasteiger partial charge in [-0.3, -0.25) is 4.79 Å². The first-order valence-electron chi connectivity index (χ1n) is 6.91. The molecule has 0 saturated carbocycles. The molecule has 0 bridgehead atoms. The van der Waals surface area contributed by atoms with Crippen molar-refractivity contribution in [3.8, 4) is 5.75 Å². The Morgan fingerprint density at radius 3 is 2.67 bits per heavy atom. The number of sulfone groups is 1. The Bertz CT molecular complexity index is 855. The number of carbonyl (C=O) groups is 1. The van der Waals surface area contributed by atoms with Gasteiger partial charge in [-0.1, -0.05) is 17.7 Å². The van der Waals surface area contributed by atoms with Crippen LogP contribution in [0.2, 0.25) is 5.02 Å². The van der Waals surface area contributed by atoms with E-state index in [0.29, 0.717) is 22.0 Å². The summed E-state index contributed by atoms with van der Waals surface area (Å²) in [6.45, 7) is 0.0608. The van der Waals surface area contributed by atoms with Gasteiger partial charge in [0.05, 0.1) is 11.3 Å². The standard InChI is InChI=1S/C16H15ClINO4S/c1-24(21,22)8-7-23-13-4-2-3-12(10-13)19-16(20)14-6-5-11(17)9-15(14)18/h2-6,9-10H,7-8H2,1H3,(H,19,20). The molecule has 8 heteroatoms. The summed E-state index contributed by atoms with van der Waals surface area (Å²) in [6, 6.07) is 11.8. The average molecular weight is 480 g/mol. The molecule has 5 nitrogen and oxygen atoms in total. The van der Waals surface area contributed by atoms with E-state index in [-0.39, 0.29) is 18.3 Å². The maximum absolute atomic E-state index is 12.3. The molecule has 1 amide bonds. The van der Waals surface area contributed by atoms with E-state index in [1.807, 2.05) is 22.6 Å². The van der Waals surface area contributed by atoms with E-state index in [9.17, 15) is 13.2 Å². The quantitative estimate of drug-likeness (QED) is 0.643. The highest BCUT2D eigenvalue weighted by molar-refractivity contribution is 14.1. The minimum absolute atomic E-state index is 0.0608. The van der Waals surface area contributed by atoms with Gasteiger partial charge in [-0.2, -0.15) is 0 Å². The number of hydrogen-bond acceptors (Lipinski definition) is 4. The highest BCUT2D eigenvalue weighted by atomic mass is 127. The highest BCUT2D eigenvalue weighted by Crippen LogP contribution is 2.21. The van der Waals surface area contributed by atoms with Crippen molar-refractivity contribution in [1.82, 2.24) is 0 Å². The Labute approximate surface area is 159 Å². The topological polar surface area (TPSA) is 72.5 Å². The lowest BCUT2D eigenvalue weighted by Crippen LogP contribution is -2.14. The normalized spacial score (nSPS) is 11.1. The Hall–Kier alpha value is -1.32. The fourth-order valence-corrected chi connectivity index (χ4v) is 3.35. The van der Waals surface area contributed by atoms with Crippen LogP contribution in [0.15, 0.2) is 42.5 Å². The van der Waals surface area contributed by atoms with Crippen LogP contribution in [0.1, 0.15) is 10.4 Å². The molecular weight excluding hydrogens is 465 g/mol. The van der Waals surface area contributed by atoms with Gasteiger partial charge in [-0.05, 0) is 52.9 Å². The Balaban J connectivity index is 2.04. The maximum Gasteiger partial charge on any atom is 0.256 e. The van der Waals surface area contributed by atoms with E-state index < -0.39 is 9.84 Å². The van der Waals surface area contributed by atoms with Crippen molar-refractivity contribution in [3.63, 3.8) is 0 Å². The number of carbonyl (C=O) groups excluding carboxylic acids is 1. The minimum atomic E-state index is -3.07. The maximum atomic E-state index is 12.3. The first-order valence-corrected chi connectivity index (χ1v) is 10.4. The zero-order valence-corrected chi connectivity index (χ0v) is 16.5. The van der Waals surface area contributed by atoms with Gasteiger partial charge in [0, 0.05) is 26.6 Å². The molecule has 128 valence electrons. The molecule has 0 atom stereocenters. The molecule has 0 saturated heterocycles. The van der Waals surface area contributed by atoms with Crippen LogP contribution in [0.4, 0.5) is 5.69 Å². The second kappa shape index (κ2) is 8.17. The first-order chi connectivity index (χ1) is 11.2. The van der Waals surface area contributed by atoms with Crippen LogP contribution in [0.25, 0.3) is 0 Å². The number of ether oxygens (including phenoxy) is 1. The Morgan fingerprint density at radius 1 is 1.25 bits per heavy atom. The summed E-state index contributed by atoms with van der Waals surface area (Å²) in [7, 11) is -3.07. The van der Waals surface area contributed by atoms with Gasteiger partial charge >= 0.3 is 0 Å². The number of amides is 1. The molecule has 0 aliphatic carbocycles. The summed E-state index contributed by atoms with van der Waals surface area (Å²) in [6.07, 6.45) is 1.15. The number of anilines is 1. The molecule has 0 aliphatic rings. The van der Waals surface area contributed by atoms with Gasteiger partial charge in [0.1, 0.15) is 12.4 Å². The van der Waals surface area contributed by atoms with Crippen molar-refractivity contribution >= 4 is 55.6 Å². The third kappa shape index (κ3) is 5.95. The fourth-order valence-electron chi connectivity index (χ4n) is 1.85. The van der Waals surface area contributed by atoms with Gasteiger partial charge in [-0.15, -0.1) is 0 Å². The van der Waals surface area contributed by atoms with Crippen molar-refractivity contribution in [2.24, 2.45) is 0 Å². The number of benzene rings is 2. The lowest BCUT2D eigenvalue weighted by Gasteiger charge is -2.10. The van der Waals surface area contributed by atoms with Gasteiger partial charge in [0.2, 0.25) is 0 Å². The number of nitrogens with one attached hydrogen (secondary N) is 1. The van der Waals surface area contributed by atoms with E-state index in [4.69, 9.17) is 16.3 Å². The summed E-state index contributed by atoms with van der Waals surface area (Å²) in [5.74, 6) is 0.165. The second-order valence-corrected chi connectivity index (χ2v) is 8.94. The molecule has 0 heterocycles. The first kappa shape index (κ1) is 19.0. The lowest BCUT2D eigenvalue weighted by atomic mass is 10.2. The molecule has 0 aliphatic heterocycles. The SMILES string of the molecule is CS(=O)(=O)CCOc1cccc(NC(=O)c2ccc(Cl)cc2I)c1. The third-order valence-electron chi connectivity index (χ3n) is 2.99. The van der Waals surface area contributed by atoms with Gasteiger partial charge in [0.25, 0.3) is 5.91 Å². The Morgan fingerprint density at radius 2 is 2.00 bits per heavy atom. The molecule has 0 unspecified atom stereocenters. The number of rotatable bonds is 6. The zero-order valence-electron chi connectivity index (χ0n) is 12.8.